The molecule has 2 radical (unpaired) electrons. The molecule has 1 N–H and O–H groups in total. The first-order valence-electron chi connectivity index (χ1n) is 18.9. The van der Waals surface area contributed by atoms with Crippen molar-refractivity contribution in [3.63, 3.8) is 0 Å². The van der Waals surface area contributed by atoms with Crippen molar-refractivity contribution in [1.29, 1.82) is 0 Å². The van der Waals surface area contributed by atoms with Crippen molar-refractivity contribution < 1.29 is 24.1 Å². The van der Waals surface area contributed by atoms with Crippen LogP contribution in [0.2, 0.25) is 51.4 Å². The predicted molar refractivity (Wildman–Crippen MR) is 222 cm³/mol. The van der Waals surface area contributed by atoms with E-state index < -0.39 is 21.7 Å². The fraction of sp³-hybridized carbons (Fsp3) is 0.641. The van der Waals surface area contributed by atoms with Gasteiger partial charge in [-0.1, -0.05) is 52.1 Å². The van der Waals surface area contributed by atoms with Crippen molar-refractivity contribution in [2.24, 2.45) is 0 Å². The van der Waals surface area contributed by atoms with Crippen LogP contribution in [0.3, 0.4) is 0 Å². The molecule has 1 amide bonds. The van der Waals surface area contributed by atoms with Gasteiger partial charge in [0.2, 0.25) is 0 Å². The lowest BCUT2D eigenvalue weighted by Gasteiger charge is -2.36. The molecule has 3 rings (SSSR count). The van der Waals surface area contributed by atoms with Crippen LogP contribution in [0.1, 0.15) is 65.8 Å². The van der Waals surface area contributed by atoms with E-state index in [0.717, 1.165) is 29.6 Å². The number of ether oxygens (including phenoxy) is 3. The Labute approximate surface area is 321 Å². The van der Waals surface area contributed by atoms with E-state index in [4.69, 9.17) is 37.2 Å². The summed E-state index contributed by atoms with van der Waals surface area (Å²) in [6.07, 6.45) is 5.09. The molecule has 0 aromatic carbocycles. The molecule has 290 valence electrons. The van der Waals surface area contributed by atoms with Crippen LogP contribution in [0.25, 0.3) is 16.8 Å². The average Bonchev–Trinajstić information content (AvgIpc) is 3.47. The Balaban J connectivity index is 2.11. The molecule has 0 aliphatic heterocycles. The van der Waals surface area contributed by atoms with Crippen molar-refractivity contribution in [3.05, 3.63) is 35.9 Å². The van der Waals surface area contributed by atoms with Gasteiger partial charge in [0.25, 0.3) is 0 Å². The minimum atomic E-state index is -1.32. The molecule has 53 heavy (non-hydrogen) atoms. The summed E-state index contributed by atoms with van der Waals surface area (Å²) in [6, 6.07) is 5.64. The van der Waals surface area contributed by atoms with Gasteiger partial charge >= 0.3 is 6.09 Å². The number of amides is 1. The molecule has 3 heterocycles. The zero-order valence-corrected chi connectivity index (χ0v) is 36.4. The van der Waals surface area contributed by atoms with E-state index in [1.807, 2.05) is 56.6 Å². The molecule has 14 heteroatoms. The molecule has 0 aliphatic carbocycles. The number of rotatable bonds is 18. The Hall–Kier alpha value is -3.22. The van der Waals surface area contributed by atoms with Gasteiger partial charge in [-0.2, -0.15) is 9.61 Å². The van der Waals surface area contributed by atoms with Gasteiger partial charge in [-0.3, -0.25) is 0 Å². The molecule has 0 saturated heterocycles. The van der Waals surface area contributed by atoms with Crippen molar-refractivity contribution in [1.82, 2.24) is 24.5 Å². The maximum atomic E-state index is 13.4. The van der Waals surface area contributed by atoms with Gasteiger partial charge in [0.05, 0.1) is 6.20 Å². The van der Waals surface area contributed by atoms with Crippen LogP contribution in [-0.4, -0.2) is 111 Å². The van der Waals surface area contributed by atoms with Gasteiger partial charge in [-0.15, -0.1) is 0 Å². The SMILES string of the molecule is [B]c1c(CC[C@@H](C)N(C(=O)OC(C)(C)C)[C@@H](C)CC)nc2c(-c3ccc(C#CCO)nc3)cnn2c1N(COCC[Si](C)(C)C)COCC[Si](C)(C)C. The van der Waals surface area contributed by atoms with Crippen LogP contribution in [0.5, 0.6) is 0 Å². The lowest BCUT2D eigenvalue weighted by molar-refractivity contribution is 0.00727. The number of aryl methyl sites for hydroxylation is 1. The number of aliphatic hydroxyl groups is 1. The highest BCUT2D eigenvalue weighted by Gasteiger charge is 2.30. The molecule has 11 nitrogen and oxygen atoms in total. The number of aromatic nitrogens is 4. The fourth-order valence-corrected chi connectivity index (χ4v) is 7.06. The van der Waals surface area contributed by atoms with Crippen molar-refractivity contribution in [3.8, 4) is 23.0 Å². The third-order valence-electron chi connectivity index (χ3n) is 8.84. The molecular formula is C39H63BN6O5Si2. The molecule has 0 saturated carbocycles. The van der Waals surface area contributed by atoms with Crippen LogP contribution >= 0.6 is 0 Å². The Morgan fingerprint density at radius 3 is 2.13 bits per heavy atom. The summed E-state index contributed by atoms with van der Waals surface area (Å²) in [6.45, 7) is 27.4. The number of nitrogens with zero attached hydrogens (tertiary/aromatic N) is 6. The first-order chi connectivity index (χ1) is 24.7. The monoisotopic (exact) mass is 762 g/mol. The van der Waals surface area contributed by atoms with E-state index in [1.165, 1.54) is 0 Å². The van der Waals surface area contributed by atoms with Crippen LogP contribution in [0.15, 0.2) is 24.5 Å². The van der Waals surface area contributed by atoms with E-state index in [2.05, 4.69) is 63.0 Å². The molecule has 2 atom stereocenters. The topological polar surface area (TPSA) is 115 Å². The van der Waals surface area contributed by atoms with Crippen LogP contribution in [-0.2, 0) is 20.6 Å². The molecule has 0 bridgehead atoms. The highest BCUT2D eigenvalue weighted by atomic mass is 28.3. The van der Waals surface area contributed by atoms with E-state index in [1.54, 1.807) is 16.9 Å². The lowest BCUT2D eigenvalue weighted by atomic mass is 9.91. The maximum Gasteiger partial charge on any atom is 0.410 e. The summed E-state index contributed by atoms with van der Waals surface area (Å²) in [5.74, 6) is 6.14. The van der Waals surface area contributed by atoms with Crippen molar-refractivity contribution in [2.45, 2.75) is 130 Å². The summed E-state index contributed by atoms with van der Waals surface area (Å²) >= 11 is 0. The molecule has 3 aromatic heterocycles. The number of pyridine rings is 1. The van der Waals surface area contributed by atoms with Gasteiger partial charge in [0, 0.05) is 64.5 Å². The second-order valence-corrected chi connectivity index (χ2v) is 28.5. The second kappa shape index (κ2) is 19.4. The largest absolute Gasteiger partial charge is 0.444 e. The van der Waals surface area contributed by atoms with E-state index in [9.17, 15) is 4.79 Å². The number of aliphatic hydroxyl groups excluding tert-OH is 1. The summed E-state index contributed by atoms with van der Waals surface area (Å²) in [4.78, 5) is 26.9. The molecular weight excluding hydrogens is 699 g/mol. The standard InChI is InChI=1S/C39H63BN6O5Si2/c1-13-29(2)45(38(48)51-39(4,5)6)30(3)16-19-34-35(40)37(44(27-49-21-23-52(7,8)9)28-50-22-24-53(10,11)12)46-36(43-34)33(26-42-46)31-17-18-32(41-25-31)15-14-20-47/h17-18,25-26,29-30,47H,13,16,19-24,27-28H2,1-12H3/t29-,30+/m0/s1. The molecule has 0 spiro atoms. The minimum Gasteiger partial charge on any atom is -0.444 e. The van der Waals surface area contributed by atoms with Gasteiger partial charge in [0.15, 0.2) is 5.65 Å². The van der Waals surface area contributed by atoms with Gasteiger partial charge in [0.1, 0.15) is 45.0 Å². The summed E-state index contributed by atoms with van der Waals surface area (Å²) in [5.41, 5.74) is 3.35. The summed E-state index contributed by atoms with van der Waals surface area (Å²) in [5, 5.41) is 13.9. The summed E-state index contributed by atoms with van der Waals surface area (Å²) in [7, 11) is 4.45. The predicted octanol–water partition coefficient (Wildman–Crippen LogP) is 6.72. The number of fused-ring (bicyclic) bond motifs is 1. The fourth-order valence-electron chi connectivity index (χ4n) is 5.55. The number of carbonyl (C=O) groups is 1. The Morgan fingerprint density at radius 1 is 1.00 bits per heavy atom. The highest BCUT2D eigenvalue weighted by Crippen LogP contribution is 2.27. The number of anilines is 1. The van der Waals surface area contributed by atoms with Crippen molar-refractivity contribution in [2.75, 3.05) is 38.2 Å². The van der Waals surface area contributed by atoms with Gasteiger partial charge in [-0.05, 0) is 89.5 Å². The van der Waals surface area contributed by atoms with Crippen molar-refractivity contribution >= 4 is 47.0 Å². The smallest absolute Gasteiger partial charge is 0.410 e. The number of hydrogen-bond acceptors (Lipinski definition) is 9. The van der Waals surface area contributed by atoms with Crippen LogP contribution in [0, 0.1) is 11.8 Å². The van der Waals surface area contributed by atoms with Gasteiger partial charge in [-0.25, -0.2) is 14.8 Å². The molecule has 3 aromatic rings. The molecule has 0 unspecified atom stereocenters. The highest BCUT2D eigenvalue weighted by molar-refractivity contribution is 6.76. The van der Waals surface area contributed by atoms with Gasteiger partial charge < -0.3 is 29.1 Å². The van der Waals surface area contributed by atoms with E-state index in [0.29, 0.717) is 54.4 Å². The normalized spacial score (nSPS) is 13.4. The van der Waals surface area contributed by atoms with Crippen LogP contribution < -0.4 is 10.4 Å². The Kier molecular flexibility index (Phi) is 16.2. The lowest BCUT2D eigenvalue weighted by Crippen LogP contribution is -2.47. The summed E-state index contributed by atoms with van der Waals surface area (Å²) < 4.78 is 20.2. The average molecular weight is 763 g/mol. The van der Waals surface area contributed by atoms with E-state index >= 15 is 0 Å². The minimum absolute atomic E-state index is 0.0146. The zero-order chi connectivity index (χ0) is 39.6. The zero-order valence-electron chi connectivity index (χ0n) is 34.4. The Bertz CT molecular complexity index is 1670. The number of hydrogen-bond donors (Lipinski definition) is 1. The first kappa shape index (κ1) is 44.2. The third-order valence-corrected chi connectivity index (χ3v) is 12.2. The molecule has 0 aliphatic rings. The maximum absolute atomic E-state index is 13.4. The molecule has 0 fully saturated rings. The quantitative estimate of drug-likeness (QED) is 0.0654. The van der Waals surface area contributed by atoms with Crippen LogP contribution in [0.4, 0.5) is 10.6 Å². The first-order valence-corrected chi connectivity index (χ1v) is 26.3. The third kappa shape index (κ3) is 13.9. The Morgan fingerprint density at radius 2 is 1.62 bits per heavy atom. The number of carbonyl (C=O) groups excluding carboxylic acids is 1. The second-order valence-electron chi connectivity index (χ2n) is 17.2. The van der Waals surface area contributed by atoms with E-state index in [-0.39, 0.29) is 38.2 Å².